The molecule has 0 saturated heterocycles. The molecule has 0 amide bonds. The zero-order valence-corrected chi connectivity index (χ0v) is 16.0. The normalized spacial score (nSPS) is 17.3. The Labute approximate surface area is 159 Å². The van der Waals surface area contributed by atoms with Gasteiger partial charge in [-0.1, -0.05) is 6.07 Å². The molecular formula is C21H26N4O2. The molecule has 0 radical (unpaired) electrons. The minimum absolute atomic E-state index is 0.0144. The van der Waals surface area contributed by atoms with Crippen LogP contribution in [0.2, 0.25) is 0 Å². The number of aromatic nitrogens is 2. The Hall–Kier alpha value is -2.47. The first-order valence-corrected chi connectivity index (χ1v) is 9.65. The van der Waals surface area contributed by atoms with Crippen molar-refractivity contribution in [1.82, 2.24) is 14.9 Å². The van der Waals surface area contributed by atoms with Crippen molar-refractivity contribution in [2.45, 2.75) is 45.7 Å². The van der Waals surface area contributed by atoms with E-state index in [9.17, 15) is 4.79 Å². The second-order valence-electron chi connectivity index (χ2n) is 7.38. The lowest BCUT2D eigenvalue weighted by Gasteiger charge is -2.28. The highest BCUT2D eigenvalue weighted by Gasteiger charge is 2.23. The smallest absolute Gasteiger partial charge is 0.255 e. The largest absolute Gasteiger partial charge is 0.497 e. The number of fused-ring (bicyclic) bond motifs is 1. The maximum absolute atomic E-state index is 12.7. The molecule has 2 aliphatic heterocycles. The van der Waals surface area contributed by atoms with Crippen LogP contribution >= 0.6 is 0 Å². The van der Waals surface area contributed by atoms with Crippen molar-refractivity contribution in [1.29, 1.82) is 0 Å². The number of aromatic amines is 1. The van der Waals surface area contributed by atoms with Crippen molar-refractivity contribution < 1.29 is 4.74 Å². The molecular weight excluding hydrogens is 340 g/mol. The van der Waals surface area contributed by atoms with Crippen LogP contribution in [0.1, 0.15) is 47.5 Å². The Kier molecular flexibility index (Phi) is 5.07. The third-order valence-corrected chi connectivity index (χ3v) is 5.49. The van der Waals surface area contributed by atoms with Crippen molar-refractivity contribution in [2.24, 2.45) is 4.99 Å². The van der Waals surface area contributed by atoms with E-state index in [4.69, 9.17) is 9.72 Å². The fourth-order valence-electron chi connectivity index (χ4n) is 3.86. The average Bonchev–Trinajstić information content (AvgIpc) is 2.70. The van der Waals surface area contributed by atoms with Gasteiger partial charge in [0.15, 0.2) is 5.82 Å². The predicted octanol–water partition coefficient (Wildman–Crippen LogP) is 2.62. The number of H-pyrrole nitrogens is 1. The van der Waals surface area contributed by atoms with Gasteiger partial charge in [0.05, 0.1) is 24.1 Å². The van der Waals surface area contributed by atoms with Gasteiger partial charge in [0.2, 0.25) is 0 Å². The van der Waals surface area contributed by atoms with Crippen LogP contribution < -0.4 is 10.3 Å². The molecule has 0 unspecified atom stereocenters. The summed E-state index contributed by atoms with van der Waals surface area (Å²) in [6.07, 6.45) is 3.95. The first kappa shape index (κ1) is 17.9. The number of benzene rings is 1. The summed E-state index contributed by atoms with van der Waals surface area (Å²) >= 11 is 0. The molecule has 4 rings (SSSR count). The van der Waals surface area contributed by atoms with E-state index >= 15 is 0 Å². The molecule has 1 aromatic heterocycles. The van der Waals surface area contributed by atoms with Crippen molar-refractivity contribution in [3.05, 3.63) is 56.8 Å². The highest BCUT2D eigenvalue weighted by Crippen LogP contribution is 2.22. The van der Waals surface area contributed by atoms with E-state index < -0.39 is 0 Å². The Morgan fingerprint density at radius 1 is 1.26 bits per heavy atom. The topological polar surface area (TPSA) is 70.6 Å². The van der Waals surface area contributed by atoms with Crippen molar-refractivity contribution in [3.63, 3.8) is 0 Å². The fraction of sp³-hybridized carbons (Fsp3) is 0.476. The van der Waals surface area contributed by atoms with E-state index in [0.717, 1.165) is 68.0 Å². The third-order valence-electron chi connectivity index (χ3n) is 5.49. The number of aryl methyl sites for hydroxylation is 1. The number of hydrogen-bond acceptors (Lipinski definition) is 5. The SMILES string of the molecule is COc1ccc(CN2CCc3nc(C4=NCCCC4)[nH]c(=O)c3C2)c(C)c1. The molecule has 1 aromatic carbocycles. The van der Waals surface area contributed by atoms with Gasteiger partial charge >= 0.3 is 0 Å². The minimum atomic E-state index is -0.0144. The Morgan fingerprint density at radius 2 is 2.15 bits per heavy atom. The summed E-state index contributed by atoms with van der Waals surface area (Å²) in [5.74, 6) is 1.55. The van der Waals surface area contributed by atoms with Gasteiger partial charge in [0.1, 0.15) is 5.75 Å². The van der Waals surface area contributed by atoms with Crippen LogP contribution in [0.3, 0.4) is 0 Å². The Morgan fingerprint density at radius 3 is 2.89 bits per heavy atom. The number of rotatable bonds is 4. The van der Waals surface area contributed by atoms with Crippen LogP contribution in [0, 0.1) is 6.92 Å². The van der Waals surface area contributed by atoms with Gasteiger partial charge in [-0.2, -0.15) is 0 Å². The summed E-state index contributed by atoms with van der Waals surface area (Å²) in [6.45, 7) is 5.30. The van der Waals surface area contributed by atoms with Gasteiger partial charge in [-0.15, -0.1) is 0 Å². The van der Waals surface area contributed by atoms with E-state index in [1.807, 2.05) is 6.07 Å². The molecule has 142 valence electrons. The van der Waals surface area contributed by atoms with Crippen molar-refractivity contribution >= 4 is 5.71 Å². The van der Waals surface area contributed by atoms with Gasteiger partial charge in [-0.25, -0.2) is 4.98 Å². The van der Waals surface area contributed by atoms with E-state index in [1.54, 1.807) is 7.11 Å². The second kappa shape index (κ2) is 7.64. The van der Waals surface area contributed by atoms with Gasteiger partial charge in [0.25, 0.3) is 5.56 Å². The highest BCUT2D eigenvalue weighted by molar-refractivity contribution is 5.97. The molecule has 1 N–H and O–H groups in total. The summed E-state index contributed by atoms with van der Waals surface area (Å²) in [4.78, 5) is 27.3. The summed E-state index contributed by atoms with van der Waals surface area (Å²) < 4.78 is 5.29. The van der Waals surface area contributed by atoms with E-state index in [-0.39, 0.29) is 5.56 Å². The van der Waals surface area contributed by atoms with Gasteiger partial charge in [-0.3, -0.25) is 14.7 Å². The molecule has 27 heavy (non-hydrogen) atoms. The lowest BCUT2D eigenvalue weighted by atomic mass is 10.0. The van der Waals surface area contributed by atoms with Crippen LogP contribution in [-0.4, -0.2) is 40.8 Å². The molecule has 6 nitrogen and oxygen atoms in total. The van der Waals surface area contributed by atoms with Gasteiger partial charge < -0.3 is 9.72 Å². The monoisotopic (exact) mass is 366 g/mol. The quantitative estimate of drug-likeness (QED) is 0.903. The molecule has 3 heterocycles. The van der Waals surface area contributed by atoms with Crippen LogP contribution in [-0.2, 0) is 19.5 Å². The molecule has 0 spiro atoms. The van der Waals surface area contributed by atoms with Crippen LogP contribution in [0.15, 0.2) is 28.0 Å². The fourth-order valence-corrected chi connectivity index (χ4v) is 3.86. The number of methoxy groups -OCH3 is 1. The lowest BCUT2D eigenvalue weighted by molar-refractivity contribution is 0.241. The maximum Gasteiger partial charge on any atom is 0.255 e. The first-order chi connectivity index (χ1) is 13.1. The summed E-state index contributed by atoms with van der Waals surface area (Å²) in [6, 6.07) is 6.15. The Balaban J connectivity index is 1.53. The van der Waals surface area contributed by atoms with Crippen molar-refractivity contribution in [3.8, 4) is 5.75 Å². The zero-order valence-electron chi connectivity index (χ0n) is 16.0. The Bertz CT molecular complexity index is 932. The second-order valence-corrected chi connectivity index (χ2v) is 7.38. The highest BCUT2D eigenvalue weighted by atomic mass is 16.5. The van der Waals surface area contributed by atoms with Crippen molar-refractivity contribution in [2.75, 3.05) is 20.2 Å². The summed E-state index contributed by atoms with van der Waals surface area (Å²) in [5.41, 5.74) is 5.14. The number of ether oxygens (including phenoxy) is 1. The van der Waals surface area contributed by atoms with Crippen LogP contribution in [0.5, 0.6) is 5.75 Å². The zero-order chi connectivity index (χ0) is 18.8. The molecule has 0 aliphatic carbocycles. The molecule has 0 saturated carbocycles. The minimum Gasteiger partial charge on any atom is -0.497 e. The number of aliphatic imine (C=N–C) groups is 1. The molecule has 2 aromatic rings. The summed E-state index contributed by atoms with van der Waals surface area (Å²) in [7, 11) is 1.68. The number of nitrogens with zero attached hydrogens (tertiary/aromatic N) is 3. The predicted molar refractivity (Wildman–Crippen MR) is 106 cm³/mol. The third kappa shape index (κ3) is 3.81. The first-order valence-electron chi connectivity index (χ1n) is 9.65. The average molecular weight is 366 g/mol. The molecule has 0 bridgehead atoms. The van der Waals surface area contributed by atoms with Gasteiger partial charge in [-0.05, 0) is 49.4 Å². The maximum atomic E-state index is 12.7. The summed E-state index contributed by atoms with van der Waals surface area (Å²) in [5, 5.41) is 0. The standard InChI is InChI=1S/C21H26N4O2/c1-14-11-16(27-2)7-6-15(14)12-25-10-8-18-17(13-25)21(26)24-20(23-18)19-5-3-4-9-22-19/h6-7,11H,3-5,8-10,12-13H2,1-2H3,(H,23,24,26). The van der Waals surface area contributed by atoms with Crippen LogP contribution in [0.25, 0.3) is 0 Å². The molecule has 0 atom stereocenters. The van der Waals surface area contributed by atoms with E-state index in [2.05, 4.69) is 33.9 Å². The van der Waals surface area contributed by atoms with Crippen LogP contribution in [0.4, 0.5) is 0 Å². The molecule has 2 aliphatic rings. The number of nitrogens with one attached hydrogen (secondary N) is 1. The molecule has 6 heteroatoms. The van der Waals surface area contributed by atoms with E-state index in [0.29, 0.717) is 12.4 Å². The number of hydrogen-bond donors (Lipinski definition) is 1. The lowest BCUT2D eigenvalue weighted by Crippen LogP contribution is -2.36. The molecule has 0 fully saturated rings. The van der Waals surface area contributed by atoms with E-state index in [1.165, 1.54) is 11.1 Å². The van der Waals surface area contributed by atoms with Gasteiger partial charge in [0, 0.05) is 32.6 Å².